The van der Waals surface area contributed by atoms with Crippen LogP contribution in [0, 0.1) is 0 Å². The van der Waals surface area contributed by atoms with E-state index in [4.69, 9.17) is 4.42 Å². The molecule has 0 N–H and O–H groups in total. The molecule has 7 aromatic carbocycles. The van der Waals surface area contributed by atoms with E-state index in [-0.39, 0.29) is 0 Å². The summed E-state index contributed by atoms with van der Waals surface area (Å²) < 4.78 is 11.4. The van der Waals surface area contributed by atoms with Gasteiger partial charge >= 0.3 is 0 Å². The van der Waals surface area contributed by atoms with E-state index >= 15 is 0 Å². The minimum Gasteiger partial charge on any atom is -0.456 e. The third kappa shape index (κ3) is 3.68. The summed E-state index contributed by atoms with van der Waals surface area (Å²) in [5, 5.41) is 7.34. The summed E-state index contributed by atoms with van der Waals surface area (Å²) in [6.07, 6.45) is 0. The fourth-order valence-corrected chi connectivity index (χ4v) is 8.33. The zero-order valence-electron chi connectivity index (χ0n) is 24.2. The van der Waals surface area contributed by atoms with Gasteiger partial charge in [-0.15, -0.1) is 11.3 Å². The highest BCUT2D eigenvalue weighted by atomic mass is 32.1. The lowest BCUT2D eigenvalue weighted by Crippen LogP contribution is -1.94. The number of hydrogen-bond donors (Lipinski definition) is 0. The molecule has 0 bridgehead atoms. The Labute approximate surface area is 263 Å². The van der Waals surface area contributed by atoms with Gasteiger partial charge in [0, 0.05) is 47.4 Å². The Balaban J connectivity index is 1.20. The number of hydrogen-bond acceptors (Lipinski definition) is 2. The van der Waals surface area contributed by atoms with Crippen molar-refractivity contribution >= 4 is 75.3 Å². The van der Waals surface area contributed by atoms with Crippen molar-refractivity contribution in [1.29, 1.82) is 0 Å². The number of rotatable bonds is 3. The number of nitrogens with zero attached hydrogens (tertiary/aromatic N) is 1. The molecule has 0 unspecified atom stereocenters. The van der Waals surface area contributed by atoms with E-state index in [0.29, 0.717) is 0 Å². The van der Waals surface area contributed by atoms with Gasteiger partial charge in [0.15, 0.2) is 0 Å². The lowest BCUT2D eigenvalue weighted by atomic mass is 10.0. The van der Waals surface area contributed by atoms with E-state index in [9.17, 15) is 0 Å². The van der Waals surface area contributed by atoms with Crippen molar-refractivity contribution in [2.24, 2.45) is 0 Å². The fraction of sp³-hybridized carbons (Fsp3) is 0. The van der Waals surface area contributed by atoms with Crippen molar-refractivity contribution in [3.63, 3.8) is 0 Å². The van der Waals surface area contributed by atoms with Crippen LogP contribution >= 0.6 is 11.3 Å². The first kappa shape index (κ1) is 24.8. The van der Waals surface area contributed by atoms with Crippen molar-refractivity contribution < 1.29 is 4.42 Å². The fourth-order valence-electron chi connectivity index (χ4n) is 7.09. The van der Waals surface area contributed by atoms with Gasteiger partial charge in [-0.1, -0.05) is 103 Å². The number of para-hydroxylation sites is 1. The summed E-state index contributed by atoms with van der Waals surface area (Å²) in [4.78, 5) is 0. The molecule has 3 heteroatoms. The maximum Gasteiger partial charge on any atom is 0.136 e. The predicted molar refractivity (Wildman–Crippen MR) is 192 cm³/mol. The zero-order chi connectivity index (χ0) is 29.5. The average molecular weight is 592 g/mol. The van der Waals surface area contributed by atoms with Crippen LogP contribution in [0.5, 0.6) is 0 Å². The molecule has 0 fully saturated rings. The van der Waals surface area contributed by atoms with Gasteiger partial charge in [0.25, 0.3) is 0 Å². The summed E-state index contributed by atoms with van der Waals surface area (Å²) in [6, 6.07) is 54.8. The molecule has 45 heavy (non-hydrogen) atoms. The lowest BCUT2D eigenvalue weighted by molar-refractivity contribution is 0.669. The second-order valence-electron chi connectivity index (χ2n) is 11.7. The Hall–Kier alpha value is -5.64. The Morgan fingerprint density at radius 2 is 1.16 bits per heavy atom. The van der Waals surface area contributed by atoms with Crippen LogP contribution in [-0.2, 0) is 0 Å². The highest BCUT2D eigenvalue weighted by Crippen LogP contribution is 2.42. The standard InChI is InChI=1S/C42H25NOS/c1-2-9-26(10-3-1)28-19-22-37-34(23-28)35-25-40-36(31-11-4-6-15-39(31)44-40)24-38(35)43(37)29-20-17-27(18-21-29)30-13-8-14-33-32-12-5-7-16-41(32)45-42(30)33/h1-25H. The van der Waals surface area contributed by atoms with Gasteiger partial charge in [-0.05, 0) is 70.8 Å². The first-order valence-corrected chi connectivity index (χ1v) is 16.1. The first-order chi connectivity index (χ1) is 22.3. The van der Waals surface area contributed by atoms with Gasteiger partial charge in [0.05, 0.1) is 11.0 Å². The second-order valence-corrected chi connectivity index (χ2v) is 12.8. The Kier molecular flexibility index (Phi) is 5.19. The maximum absolute atomic E-state index is 6.35. The summed E-state index contributed by atoms with van der Waals surface area (Å²) in [7, 11) is 0. The van der Waals surface area contributed by atoms with Crippen molar-refractivity contribution in [2.75, 3.05) is 0 Å². The number of thiophene rings is 1. The number of fused-ring (bicyclic) bond motifs is 9. The third-order valence-corrected chi connectivity index (χ3v) is 10.4. The summed E-state index contributed by atoms with van der Waals surface area (Å²) in [6.45, 7) is 0. The van der Waals surface area contributed by atoms with Crippen molar-refractivity contribution in [3.05, 3.63) is 152 Å². The summed E-state index contributed by atoms with van der Waals surface area (Å²) in [5.41, 5.74) is 10.3. The minimum absolute atomic E-state index is 0.916. The SMILES string of the molecule is c1ccc(-c2ccc3c(c2)c2cc4oc5ccccc5c4cc2n3-c2ccc(-c3cccc4c3sc3ccccc34)cc2)cc1. The van der Waals surface area contributed by atoms with Crippen LogP contribution in [0.4, 0.5) is 0 Å². The topological polar surface area (TPSA) is 18.1 Å². The van der Waals surface area contributed by atoms with E-state index in [0.717, 1.165) is 27.6 Å². The quantitative estimate of drug-likeness (QED) is 0.200. The molecule has 0 spiro atoms. The minimum atomic E-state index is 0.916. The molecule has 0 atom stereocenters. The zero-order valence-corrected chi connectivity index (χ0v) is 25.0. The molecular formula is C42H25NOS. The van der Waals surface area contributed by atoms with Crippen molar-refractivity contribution in [1.82, 2.24) is 4.57 Å². The van der Waals surface area contributed by atoms with E-state index in [1.165, 1.54) is 64.2 Å². The van der Waals surface area contributed by atoms with Crippen molar-refractivity contribution in [2.45, 2.75) is 0 Å². The monoisotopic (exact) mass is 591 g/mol. The van der Waals surface area contributed by atoms with E-state index < -0.39 is 0 Å². The molecule has 210 valence electrons. The molecule has 0 radical (unpaired) electrons. The van der Waals surface area contributed by atoms with Crippen LogP contribution in [0.2, 0.25) is 0 Å². The highest BCUT2D eigenvalue weighted by Gasteiger charge is 2.18. The van der Waals surface area contributed by atoms with Gasteiger partial charge in [-0.25, -0.2) is 0 Å². The summed E-state index contributed by atoms with van der Waals surface area (Å²) >= 11 is 1.88. The molecule has 10 rings (SSSR count). The first-order valence-electron chi connectivity index (χ1n) is 15.3. The largest absolute Gasteiger partial charge is 0.456 e. The van der Waals surface area contributed by atoms with Crippen LogP contribution < -0.4 is 0 Å². The molecular weight excluding hydrogens is 567 g/mol. The Morgan fingerprint density at radius 3 is 2.04 bits per heavy atom. The third-order valence-electron chi connectivity index (χ3n) is 9.21. The molecule has 3 aromatic heterocycles. The van der Waals surface area contributed by atoms with E-state index in [1.54, 1.807) is 0 Å². The van der Waals surface area contributed by atoms with Gasteiger partial charge < -0.3 is 8.98 Å². The van der Waals surface area contributed by atoms with E-state index in [2.05, 4.69) is 150 Å². The van der Waals surface area contributed by atoms with Gasteiger partial charge in [-0.2, -0.15) is 0 Å². The van der Waals surface area contributed by atoms with Crippen LogP contribution in [-0.4, -0.2) is 4.57 Å². The van der Waals surface area contributed by atoms with Gasteiger partial charge in [-0.3, -0.25) is 0 Å². The molecule has 0 aliphatic rings. The van der Waals surface area contributed by atoms with Crippen LogP contribution in [0.3, 0.4) is 0 Å². The molecule has 0 saturated carbocycles. The average Bonchev–Trinajstić information content (AvgIpc) is 3.76. The maximum atomic E-state index is 6.35. The molecule has 0 aliphatic carbocycles. The predicted octanol–water partition coefficient (Wildman–Crippen LogP) is 12.4. The number of aromatic nitrogens is 1. The molecule has 10 aromatic rings. The molecule has 3 heterocycles. The molecule has 0 saturated heterocycles. The van der Waals surface area contributed by atoms with Crippen LogP contribution in [0.25, 0.3) is 91.9 Å². The van der Waals surface area contributed by atoms with Crippen LogP contribution in [0.1, 0.15) is 0 Å². The number of furan rings is 1. The Bertz CT molecular complexity index is 2740. The van der Waals surface area contributed by atoms with Gasteiger partial charge in [0.1, 0.15) is 11.2 Å². The molecule has 0 aliphatic heterocycles. The van der Waals surface area contributed by atoms with E-state index in [1.807, 2.05) is 17.4 Å². The Morgan fingerprint density at radius 1 is 0.422 bits per heavy atom. The van der Waals surface area contributed by atoms with Crippen molar-refractivity contribution in [3.8, 4) is 27.9 Å². The van der Waals surface area contributed by atoms with Gasteiger partial charge in [0.2, 0.25) is 0 Å². The molecule has 0 amide bonds. The van der Waals surface area contributed by atoms with Crippen LogP contribution in [0.15, 0.2) is 156 Å². The second kappa shape index (κ2) is 9.43. The smallest absolute Gasteiger partial charge is 0.136 e. The number of benzene rings is 7. The normalized spacial score (nSPS) is 12.0. The lowest BCUT2D eigenvalue weighted by Gasteiger charge is -2.10. The highest BCUT2D eigenvalue weighted by molar-refractivity contribution is 7.26. The summed E-state index contributed by atoms with van der Waals surface area (Å²) in [5.74, 6) is 0. The molecule has 2 nitrogen and oxygen atoms in total.